The number of ether oxygens (including phenoxy) is 2. The first-order valence-electron chi connectivity index (χ1n) is 9.42. The fourth-order valence-electron chi connectivity index (χ4n) is 3.64. The summed E-state index contributed by atoms with van der Waals surface area (Å²) in [5, 5.41) is 6.92. The topological polar surface area (TPSA) is 108 Å². The highest BCUT2D eigenvalue weighted by Gasteiger charge is 2.36. The van der Waals surface area contributed by atoms with E-state index in [0.717, 1.165) is 16.2 Å². The fourth-order valence-corrected chi connectivity index (χ4v) is 3.73. The van der Waals surface area contributed by atoms with Crippen LogP contribution in [0.1, 0.15) is 18.2 Å². The average molecular weight is 452 g/mol. The van der Waals surface area contributed by atoms with E-state index in [4.69, 9.17) is 16.3 Å². The quantitative estimate of drug-likeness (QED) is 0.696. The predicted molar refractivity (Wildman–Crippen MR) is 107 cm³/mol. The van der Waals surface area contributed by atoms with Crippen molar-refractivity contribution in [2.24, 2.45) is 0 Å². The lowest BCUT2D eigenvalue weighted by Gasteiger charge is -2.21. The summed E-state index contributed by atoms with van der Waals surface area (Å²) in [7, 11) is 0. The van der Waals surface area contributed by atoms with Gasteiger partial charge in [0.05, 0.1) is 36.7 Å². The van der Waals surface area contributed by atoms with E-state index in [9.17, 15) is 18.8 Å². The Morgan fingerprint density at radius 1 is 1.42 bits per heavy atom. The minimum absolute atomic E-state index is 0.0363. The molecule has 1 fully saturated rings. The van der Waals surface area contributed by atoms with Crippen LogP contribution in [0.15, 0.2) is 24.4 Å². The molecule has 1 N–H and O–H groups in total. The summed E-state index contributed by atoms with van der Waals surface area (Å²) < 4.78 is 24.7. The zero-order valence-electron chi connectivity index (χ0n) is 16.5. The van der Waals surface area contributed by atoms with Gasteiger partial charge in [-0.2, -0.15) is 5.10 Å². The molecule has 3 heterocycles. The molecule has 1 aromatic carbocycles. The number of carbonyl (C=O) groups is 3. The molecule has 2 aromatic rings. The standard InChI is InChI=1S/C19H19ClFN5O5/c1-11(27)25(18(28)30-10-20)7-14-8-26(19(29)31-14)13-2-3-17(15(21)4-13)24-6-12-5-22-23-16(12)9-24/h2-5,14H,6-10H2,1H3,(H,22,23)/t14-/m0/s1. The maximum absolute atomic E-state index is 14.8. The lowest BCUT2D eigenvalue weighted by molar-refractivity contribution is -0.128. The smallest absolute Gasteiger partial charge is 0.417 e. The SMILES string of the molecule is CC(=O)N(C[C@H]1CN(c2ccc(N3Cc4c[nH]nc4C3)c(F)c2)C(=O)O1)C(=O)OCCl. The maximum atomic E-state index is 14.8. The number of hydrogen-bond donors (Lipinski definition) is 1. The number of fused-ring (bicyclic) bond motifs is 1. The highest BCUT2D eigenvalue weighted by molar-refractivity contribution is 6.17. The number of nitrogens with zero attached hydrogens (tertiary/aromatic N) is 4. The van der Waals surface area contributed by atoms with Crippen LogP contribution in [0.2, 0.25) is 0 Å². The van der Waals surface area contributed by atoms with Gasteiger partial charge in [-0.05, 0) is 18.2 Å². The molecule has 0 radical (unpaired) electrons. The van der Waals surface area contributed by atoms with Crippen molar-refractivity contribution in [1.82, 2.24) is 15.1 Å². The van der Waals surface area contributed by atoms with E-state index in [1.54, 1.807) is 18.3 Å². The summed E-state index contributed by atoms with van der Waals surface area (Å²) in [4.78, 5) is 39.8. The van der Waals surface area contributed by atoms with Crippen LogP contribution < -0.4 is 9.80 Å². The van der Waals surface area contributed by atoms with Gasteiger partial charge in [0.2, 0.25) is 5.91 Å². The molecule has 0 bridgehead atoms. The van der Waals surface area contributed by atoms with E-state index in [1.165, 1.54) is 17.9 Å². The van der Waals surface area contributed by atoms with Gasteiger partial charge in [0.1, 0.15) is 11.9 Å². The first-order valence-corrected chi connectivity index (χ1v) is 9.95. The highest BCUT2D eigenvalue weighted by Crippen LogP contribution is 2.32. The van der Waals surface area contributed by atoms with E-state index < -0.39 is 36.1 Å². The summed E-state index contributed by atoms with van der Waals surface area (Å²) in [6.07, 6.45) is -0.641. The van der Waals surface area contributed by atoms with E-state index >= 15 is 0 Å². The summed E-state index contributed by atoms with van der Waals surface area (Å²) in [6, 6.07) is 4.06. The third-order valence-corrected chi connectivity index (χ3v) is 5.24. The van der Waals surface area contributed by atoms with Gasteiger partial charge in [-0.3, -0.25) is 14.8 Å². The largest absolute Gasteiger partial charge is 0.442 e. The van der Waals surface area contributed by atoms with Gasteiger partial charge in [-0.1, -0.05) is 11.6 Å². The van der Waals surface area contributed by atoms with E-state index in [2.05, 4.69) is 14.9 Å². The summed E-state index contributed by atoms with van der Waals surface area (Å²) in [5.41, 5.74) is 2.59. The molecule has 1 atom stereocenters. The number of carbonyl (C=O) groups excluding carboxylic acids is 3. The number of halogens is 2. The molecule has 0 aliphatic carbocycles. The van der Waals surface area contributed by atoms with Crippen LogP contribution in [0, 0.1) is 5.82 Å². The second-order valence-corrected chi connectivity index (χ2v) is 7.33. The molecular formula is C19H19ClFN5O5. The molecule has 2 aliphatic heterocycles. The minimum Gasteiger partial charge on any atom is -0.442 e. The lowest BCUT2D eigenvalue weighted by atomic mass is 10.2. The maximum Gasteiger partial charge on any atom is 0.417 e. The summed E-state index contributed by atoms with van der Waals surface area (Å²) in [6.45, 7) is 2.04. The minimum atomic E-state index is -0.933. The molecular weight excluding hydrogens is 433 g/mol. The van der Waals surface area contributed by atoms with Crippen LogP contribution in [0.25, 0.3) is 0 Å². The number of hydrogen-bond acceptors (Lipinski definition) is 7. The number of aromatic amines is 1. The Balaban J connectivity index is 1.44. The van der Waals surface area contributed by atoms with Crippen LogP contribution in [0.4, 0.5) is 25.4 Å². The van der Waals surface area contributed by atoms with Crippen LogP contribution in [0.3, 0.4) is 0 Å². The number of H-pyrrole nitrogens is 1. The Labute approximate surface area is 181 Å². The second kappa shape index (κ2) is 8.42. The zero-order valence-corrected chi connectivity index (χ0v) is 17.3. The van der Waals surface area contributed by atoms with Crippen molar-refractivity contribution >= 4 is 41.1 Å². The molecule has 1 saturated heterocycles. The monoisotopic (exact) mass is 451 g/mol. The number of benzene rings is 1. The van der Waals surface area contributed by atoms with E-state index in [1.807, 2.05) is 4.90 Å². The van der Waals surface area contributed by atoms with Gasteiger partial charge < -0.3 is 14.4 Å². The predicted octanol–water partition coefficient (Wildman–Crippen LogP) is 2.58. The summed E-state index contributed by atoms with van der Waals surface area (Å²) in [5.74, 6) is -1.07. The molecule has 164 valence electrons. The van der Waals surface area contributed by atoms with Crippen molar-refractivity contribution in [3.8, 4) is 0 Å². The van der Waals surface area contributed by atoms with Crippen molar-refractivity contribution in [2.45, 2.75) is 26.1 Å². The summed E-state index contributed by atoms with van der Waals surface area (Å²) >= 11 is 5.36. The molecule has 0 unspecified atom stereocenters. The van der Waals surface area contributed by atoms with Crippen LogP contribution in [-0.4, -0.2) is 58.5 Å². The lowest BCUT2D eigenvalue weighted by Crippen LogP contribution is -2.42. The van der Waals surface area contributed by atoms with Gasteiger partial charge in [0, 0.05) is 25.2 Å². The van der Waals surface area contributed by atoms with E-state index in [-0.39, 0.29) is 13.1 Å². The third-order valence-electron chi connectivity index (χ3n) is 5.13. The van der Waals surface area contributed by atoms with Crippen LogP contribution in [-0.2, 0) is 27.4 Å². The van der Waals surface area contributed by atoms with Gasteiger partial charge in [0.15, 0.2) is 6.07 Å². The Kier molecular flexibility index (Phi) is 5.68. The zero-order chi connectivity index (χ0) is 22.1. The molecule has 10 nitrogen and oxygen atoms in total. The van der Waals surface area contributed by atoms with Gasteiger partial charge in [0.25, 0.3) is 0 Å². The average Bonchev–Trinajstić information content (AvgIpc) is 3.40. The molecule has 12 heteroatoms. The normalized spacial score (nSPS) is 17.5. The van der Waals surface area contributed by atoms with Crippen molar-refractivity contribution in [1.29, 1.82) is 0 Å². The van der Waals surface area contributed by atoms with Crippen LogP contribution in [0.5, 0.6) is 0 Å². The van der Waals surface area contributed by atoms with Crippen molar-refractivity contribution in [3.63, 3.8) is 0 Å². The number of amides is 3. The Bertz CT molecular complexity index is 1010. The second-order valence-electron chi connectivity index (χ2n) is 7.11. The molecule has 3 amide bonds. The molecule has 31 heavy (non-hydrogen) atoms. The van der Waals surface area contributed by atoms with Crippen LogP contribution >= 0.6 is 11.6 Å². The van der Waals surface area contributed by atoms with Crippen molar-refractivity contribution in [2.75, 3.05) is 29.0 Å². The molecule has 2 aliphatic rings. The third kappa shape index (κ3) is 4.13. The first-order chi connectivity index (χ1) is 14.9. The van der Waals surface area contributed by atoms with E-state index in [0.29, 0.717) is 24.5 Å². The van der Waals surface area contributed by atoms with Gasteiger partial charge in [-0.25, -0.2) is 18.9 Å². The Morgan fingerprint density at radius 2 is 2.23 bits per heavy atom. The number of imide groups is 1. The number of cyclic esters (lactones) is 1. The van der Waals surface area contributed by atoms with Gasteiger partial charge in [-0.15, -0.1) is 0 Å². The van der Waals surface area contributed by atoms with Gasteiger partial charge >= 0.3 is 12.2 Å². The fraction of sp³-hybridized carbons (Fsp3) is 0.368. The Morgan fingerprint density at radius 3 is 2.90 bits per heavy atom. The Hall–Kier alpha value is -3.34. The first kappa shape index (κ1) is 20.9. The highest BCUT2D eigenvalue weighted by atomic mass is 35.5. The molecule has 1 aromatic heterocycles. The number of nitrogens with one attached hydrogen (secondary N) is 1. The molecule has 0 spiro atoms. The molecule has 0 saturated carbocycles. The number of rotatable bonds is 5. The van der Waals surface area contributed by atoms with Crippen molar-refractivity contribution < 1.29 is 28.2 Å². The number of anilines is 2. The number of alkyl halides is 1. The molecule has 4 rings (SSSR count). The van der Waals surface area contributed by atoms with Crippen molar-refractivity contribution in [3.05, 3.63) is 41.5 Å². The number of aromatic nitrogens is 2.